The van der Waals surface area contributed by atoms with Gasteiger partial charge in [0.05, 0.1) is 24.8 Å². The molecular weight excluding hydrogens is 320 g/mol. The highest BCUT2D eigenvalue weighted by Crippen LogP contribution is 2.28. The highest BCUT2D eigenvalue weighted by atomic mass is 16.5. The second-order valence-corrected chi connectivity index (χ2v) is 5.38. The molecule has 0 saturated carbocycles. The Balaban J connectivity index is 1.82. The number of imidazole rings is 1. The lowest BCUT2D eigenvalue weighted by atomic mass is 10.1. The molecule has 0 aliphatic carbocycles. The summed E-state index contributed by atoms with van der Waals surface area (Å²) in [6.07, 6.45) is 3.20. The van der Waals surface area contributed by atoms with Gasteiger partial charge in [-0.15, -0.1) is 0 Å². The van der Waals surface area contributed by atoms with Crippen LogP contribution in [0.15, 0.2) is 47.3 Å². The number of aromatic amines is 2. The van der Waals surface area contributed by atoms with Gasteiger partial charge in [0, 0.05) is 5.56 Å². The van der Waals surface area contributed by atoms with Crippen LogP contribution in [0.5, 0.6) is 11.5 Å². The number of carbonyl (C=O) groups excluding carboxylic acids is 1. The van der Waals surface area contributed by atoms with Crippen LogP contribution in [0, 0.1) is 0 Å². The lowest BCUT2D eigenvalue weighted by molar-refractivity contribution is 0.104. The van der Waals surface area contributed by atoms with E-state index in [1.165, 1.54) is 6.08 Å². The van der Waals surface area contributed by atoms with Gasteiger partial charge in [-0.1, -0.05) is 12.1 Å². The molecule has 2 N–H and O–H groups in total. The maximum Gasteiger partial charge on any atom is 0.323 e. The van der Waals surface area contributed by atoms with E-state index in [1.807, 2.05) is 25.1 Å². The molecule has 0 bridgehead atoms. The molecule has 25 heavy (non-hydrogen) atoms. The number of ketones is 1. The summed E-state index contributed by atoms with van der Waals surface area (Å²) in [7, 11) is 1.57. The molecule has 0 radical (unpaired) electrons. The zero-order valence-corrected chi connectivity index (χ0v) is 14.0. The fraction of sp³-hybridized carbons (Fsp3) is 0.158. The van der Waals surface area contributed by atoms with Crippen LogP contribution in [0.1, 0.15) is 22.8 Å². The Hall–Kier alpha value is -3.28. The van der Waals surface area contributed by atoms with Crippen LogP contribution in [0.4, 0.5) is 0 Å². The first kappa shape index (κ1) is 16.6. The third-order valence-electron chi connectivity index (χ3n) is 3.72. The van der Waals surface area contributed by atoms with Crippen molar-refractivity contribution in [2.24, 2.45) is 0 Å². The number of H-pyrrole nitrogens is 2. The molecule has 0 aliphatic rings. The Bertz CT molecular complexity index is 998. The van der Waals surface area contributed by atoms with Gasteiger partial charge in [0.1, 0.15) is 0 Å². The van der Waals surface area contributed by atoms with Crippen LogP contribution in [0.3, 0.4) is 0 Å². The molecule has 1 aromatic heterocycles. The topological polar surface area (TPSA) is 84.2 Å². The van der Waals surface area contributed by atoms with E-state index in [0.717, 1.165) is 5.56 Å². The third-order valence-corrected chi connectivity index (χ3v) is 3.72. The van der Waals surface area contributed by atoms with Crippen LogP contribution in [0.25, 0.3) is 17.1 Å². The molecule has 3 rings (SSSR count). The number of carbonyl (C=O) groups is 1. The number of aromatic nitrogens is 2. The number of ether oxygens (including phenoxy) is 2. The van der Waals surface area contributed by atoms with E-state index in [2.05, 4.69) is 9.97 Å². The summed E-state index contributed by atoms with van der Waals surface area (Å²) in [5.41, 5.74) is 2.30. The number of rotatable bonds is 6. The SMILES string of the molecule is CCOc1ccc(C=CC(=O)c2ccc3[nH]c(=O)[nH]c3c2)cc1OC. The Morgan fingerprint density at radius 3 is 2.64 bits per heavy atom. The third kappa shape index (κ3) is 3.63. The first-order chi connectivity index (χ1) is 12.1. The van der Waals surface area contributed by atoms with Gasteiger partial charge in [0.2, 0.25) is 0 Å². The summed E-state index contributed by atoms with van der Waals surface area (Å²) < 4.78 is 10.8. The average molecular weight is 338 g/mol. The standard InChI is InChI=1S/C19H18N2O4/c1-3-25-17-9-5-12(10-18(17)24-2)4-8-16(22)13-6-7-14-15(11-13)21-19(23)20-14/h4-11H,3H2,1-2H3,(H2,20,21,23). The molecule has 1 heterocycles. The van der Waals surface area contributed by atoms with E-state index in [9.17, 15) is 9.59 Å². The first-order valence-electron chi connectivity index (χ1n) is 7.86. The molecule has 0 saturated heterocycles. The zero-order chi connectivity index (χ0) is 17.8. The number of nitrogens with one attached hydrogen (secondary N) is 2. The molecule has 6 nitrogen and oxygen atoms in total. The van der Waals surface area contributed by atoms with Gasteiger partial charge in [0.25, 0.3) is 0 Å². The predicted octanol–water partition coefficient (Wildman–Crippen LogP) is 3.16. The van der Waals surface area contributed by atoms with Crippen LogP contribution >= 0.6 is 0 Å². The second kappa shape index (κ2) is 7.09. The number of benzene rings is 2. The summed E-state index contributed by atoms with van der Waals surface area (Å²) >= 11 is 0. The van der Waals surface area contributed by atoms with E-state index in [-0.39, 0.29) is 11.5 Å². The van der Waals surface area contributed by atoms with Gasteiger partial charge >= 0.3 is 5.69 Å². The fourth-order valence-electron chi connectivity index (χ4n) is 2.52. The Morgan fingerprint density at radius 1 is 1.08 bits per heavy atom. The van der Waals surface area contributed by atoms with Crippen LogP contribution < -0.4 is 15.2 Å². The molecule has 0 unspecified atom stereocenters. The highest BCUT2D eigenvalue weighted by molar-refractivity contribution is 6.08. The lowest BCUT2D eigenvalue weighted by Crippen LogP contribution is -1.99. The molecule has 0 spiro atoms. The van der Waals surface area contributed by atoms with E-state index in [4.69, 9.17) is 9.47 Å². The predicted molar refractivity (Wildman–Crippen MR) is 96.4 cm³/mol. The molecule has 6 heteroatoms. The Kier molecular flexibility index (Phi) is 4.70. The fourth-order valence-corrected chi connectivity index (χ4v) is 2.52. The minimum absolute atomic E-state index is 0.156. The minimum atomic E-state index is -0.295. The van der Waals surface area contributed by atoms with Crippen molar-refractivity contribution in [2.75, 3.05) is 13.7 Å². The number of hydrogen-bond donors (Lipinski definition) is 2. The summed E-state index contributed by atoms with van der Waals surface area (Å²) in [6.45, 7) is 2.45. The van der Waals surface area contributed by atoms with Crippen molar-refractivity contribution in [3.63, 3.8) is 0 Å². The zero-order valence-electron chi connectivity index (χ0n) is 14.0. The van der Waals surface area contributed by atoms with Crippen LogP contribution in [0.2, 0.25) is 0 Å². The summed E-state index contributed by atoms with van der Waals surface area (Å²) in [5, 5.41) is 0. The number of methoxy groups -OCH3 is 1. The first-order valence-corrected chi connectivity index (χ1v) is 7.86. The molecule has 0 amide bonds. The summed E-state index contributed by atoms with van der Waals surface area (Å²) in [6, 6.07) is 10.5. The maximum atomic E-state index is 12.3. The molecule has 3 aromatic rings. The van der Waals surface area contributed by atoms with Gasteiger partial charge in [0.15, 0.2) is 17.3 Å². The molecule has 128 valence electrons. The minimum Gasteiger partial charge on any atom is -0.493 e. The lowest BCUT2D eigenvalue weighted by Gasteiger charge is -2.09. The highest BCUT2D eigenvalue weighted by Gasteiger charge is 2.07. The molecule has 2 aromatic carbocycles. The van der Waals surface area contributed by atoms with E-state index >= 15 is 0 Å². The van der Waals surface area contributed by atoms with Crippen LogP contribution in [-0.2, 0) is 0 Å². The Labute approximate surface area is 144 Å². The smallest absolute Gasteiger partial charge is 0.323 e. The van der Waals surface area contributed by atoms with E-state index in [0.29, 0.717) is 34.7 Å². The van der Waals surface area contributed by atoms with Crippen molar-refractivity contribution >= 4 is 22.9 Å². The number of allylic oxidation sites excluding steroid dienone is 1. The second-order valence-electron chi connectivity index (χ2n) is 5.38. The number of fused-ring (bicyclic) bond motifs is 1. The normalized spacial score (nSPS) is 11.1. The average Bonchev–Trinajstić information content (AvgIpc) is 2.99. The largest absolute Gasteiger partial charge is 0.493 e. The van der Waals surface area contributed by atoms with Gasteiger partial charge in [-0.05, 0) is 48.9 Å². The van der Waals surface area contributed by atoms with Crippen molar-refractivity contribution in [3.05, 3.63) is 64.1 Å². The monoisotopic (exact) mass is 338 g/mol. The van der Waals surface area contributed by atoms with Gasteiger partial charge in [-0.2, -0.15) is 0 Å². The summed E-state index contributed by atoms with van der Waals surface area (Å²) in [4.78, 5) is 28.9. The van der Waals surface area contributed by atoms with Crippen molar-refractivity contribution in [1.82, 2.24) is 9.97 Å². The molecular formula is C19H18N2O4. The van der Waals surface area contributed by atoms with Gasteiger partial charge in [-0.25, -0.2) is 4.79 Å². The van der Waals surface area contributed by atoms with Gasteiger partial charge in [-0.3, -0.25) is 4.79 Å². The van der Waals surface area contributed by atoms with E-state index < -0.39 is 0 Å². The van der Waals surface area contributed by atoms with Crippen molar-refractivity contribution in [1.29, 1.82) is 0 Å². The number of hydrogen-bond acceptors (Lipinski definition) is 4. The van der Waals surface area contributed by atoms with E-state index in [1.54, 1.807) is 31.4 Å². The van der Waals surface area contributed by atoms with Gasteiger partial charge < -0.3 is 19.4 Å². The van der Waals surface area contributed by atoms with Crippen molar-refractivity contribution in [3.8, 4) is 11.5 Å². The summed E-state index contributed by atoms with van der Waals surface area (Å²) in [5.74, 6) is 1.12. The quantitative estimate of drug-likeness (QED) is 0.534. The molecule has 0 aliphatic heterocycles. The van der Waals surface area contributed by atoms with Crippen molar-refractivity contribution < 1.29 is 14.3 Å². The maximum absolute atomic E-state index is 12.3. The Morgan fingerprint density at radius 2 is 1.88 bits per heavy atom. The van der Waals surface area contributed by atoms with Crippen LogP contribution in [-0.4, -0.2) is 29.5 Å². The molecule has 0 atom stereocenters. The molecule has 0 fully saturated rings. The van der Waals surface area contributed by atoms with Crippen molar-refractivity contribution in [2.45, 2.75) is 6.92 Å².